The summed E-state index contributed by atoms with van der Waals surface area (Å²) in [5.41, 5.74) is 1.34. The third-order valence-corrected chi connectivity index (χ3v) is 6.62. The summed E-state index contributed by atoms with van der Waals surface area (Å²) in [5.74, 6) is 0. The van der Waals surface area contributed by atoms with E-state index in [9.17, 15) is 4.79 Å². The van der Waals surface area contributed by atoms with Crippen molar-refractivity contribution in [2.45, 2.75) is 42.9 Å². The van der Waals surface area contributed by atoms with Crippen LogP contribution in [0.15, 0.2) is 24.5 Å². The SMILES string of the molecule is CSC1(CNC(=O)NC2CCN(CCc3ccncc3)CC2)CC1. The number of nitrogens with zero attached hydrogens (tertiary/aromatic N) is 2. The van der Waals surface area contributed by atoms with Gasteiger partial charge in [-0.1, -0.05) is 0 Å². The molecule has 132 valence electrons. The fraction of sp³-hybridized carbons (Fsp3) is 0.667. The second kappa shape index (κ2) is 8.21. The van der Waals surface area contributed by atoms with E-state index in [1.165, 1.54) is 18.4 Å². The summed E-state index contributed by atoms with van der Waals surface area (Å²) in [6.45, 7) is 4.00. The molecule has 1 saturated heterocycles. The lowest BCUT2D eigenvalue weighted by Gasteiger charge is -2.32. The summed E-state index contributed by atoms with van der Waals surface area (Å²) in [7, 11) is 0. The van der Waals surface area contributed by atoms with Crippen LogP contribution in [0.1, 0.15) is 31.2 Å². The molecule has 3 rings (SSSR count). The number of pyridine rings is 1. The Morgan fingerprint density at radius 2 is 2.04 bits per heavy atom. The van der Waals surface area contributed by atoms with Crippen LogP contribution in [0.5, 0.6) is 0 Å². The van der Waals surface area contributed by atoms with Gasteiger partial charge < -0.3 is 15.5 Å². The zero-order chi connectivity index (χ0) is 16.8. The van der Waals surface area contributed by atoms with E-state index in [0.29, 0.717) is 10.8 Å². The first-order chi connectivity index (χ1) is 11.7. The van der Waals surface area contributed by atoms with Crippen molar-refractivity contribution < 1.29 is 4.79 Å². The quantitative estimate of drug-likeness (QED) is 0.794. The lowest BCUT2D eigenvalue weighted by Crippen LogP contribution is -2.49. The minimum atomic E-state index is 0.00515. The summed E-state index contributed by atoms with van der Waals surface area (Å²) in [6, 6.07) is 4.48. The van der Waals surface area contributed by atoms with Crippen molar-refractivity contribution in [2.24, 2.45) is 0 Å². The Morgan fingerprint density at radius 1 is 1.33 bits per heavy atom. The standard InChI is InChI=1S/C18H28N4OS/c1-24-18(7-8-18)14-20-17(23)21-16-5-12-22(13-6-16)11-4-15-2-9-19-10-3-15/h2-3,9-10,16H,4-8,11-14H2,1H3,(H2,20,21,23). The first kappa shape index (κ1) is 17.5. The van der Waals surface area contributed by atoms with Gasteiger partial charge in [-0.25, -0.2) is 4.79 Å². The number of nitrogens with one attached hydrogen (secondary N) is 2. The summed E-state index contributed by atoms with van der Waals surface area (Å²) < 4.78 is 0.327. The van der Waals surface area contributed by atoms with Gasteiger partial charge in [0.05, 0.1) is 0 Å². The molecule has 2 N–H and O–H groups in total. The van der Waals surface area contributed by atoms with Crippen molar-refractivity contribution in [3.63, 3.8) is 0 Å². The van der Waals surface area contributed by atoms with Crippen LogP contribution in [0.4, 0.5) is 4.79 Å². The molecule has 0 atom stereocenters. The van der Waals surface area contributed by atoms with Gasteiger partial charge in [-0.3, -0.25) is 4.98 Å². The Morgan fingerprint density at radius 3 is 2.67 bits per heavy atom. The summed E-state index contributed by atoms with van der Waals surface area (Å²) >= 11 is 1.88. The molecule has 1 saturated carbocycles. The molecule has 24 heavy (non-hydrogen) atoms. The molecule has 2 aliphatic rings. The second-order valence-corrected chi connectivity index (χ2v) is 8.21. The van der Waals surface area contributed by atoms with Crippen LogP contribution < -0.4 is 10.6 Å². The van der Waals surface area contributed by atoms with Crippen molar-refractivity contribution in [2.75, 3.05) is 32.4 Å². The van der Waals surface area contributed by atoms with Crippen molar-refractivity contribution >= 4 is 17.8 Å². The summed E-state index contributed by atoms with van der Waals surface area (Å²) in [4.78, 5) is 18.6. The van der Waals surface area contributed by atoms with Gasteiger partial charge in [-0.15, -0.1) is 0 Å². The lowest BCUT2D eigenvalue weighted by molar-refractivity contribution is 0.194. The van der Waals surface area contributed by atoms with E-state index in [4.69, 9.17) is 0 Å². The van der Waals surface area contributed by atoms with Crippen molar-refractivity contribution in [3.05, 3.63) is 30.1 Å². The predicted molar refractivity (Wildman–Crippen MR) is 99.4 cm³/mol. The Balaban J connectivity index is 1.31. The van der Waals surface area contributed by atoms with E-state index in [-0.39, 0.29) is 6.03 Å². The molecule has 0 radical (unpaired) electrons. The molecule has 1 aromatic heterocycles. The highest BCUT2D eigenvalue weighted by atomic mass is 32.2. The number of aromatic nitrogens is 1. The fourth-order valence-electron chi connectivity index (χ4n) is 3.21. The average molecular weight is 349 g/mol. The van der Waals surface area contributed by atoms with Gasteiger partial charge in [0.15, 0.2) is 0 Å². The van der Waals surface area contributed by atoms with E-state index in [1.807, 2.05) is 24.2 Å². The number of rotatable bonds is 7. The van der Waals surface area contributed by atoms with Gasteiger partial charge in [0, 0.05) is 49.4 Å². The molecule has 0 aromatic carbocycles. The van der Waals surface area contributed by atoms with Crippen molar-refractivity contribution in [1.82, 2.24) is 20.5 Å². The molecule has 5 nitrogen and oxygen atoms in total. The monoisotopic (exact) mass is 348 g/mol. The Bertz CT molecular complexity index is 527. The smallest absolute Gasteiger partial charge is 0.315 e. The Labute approximate surface area is 149 Å². The number of hydrogen-bond donors (Lipinski definition) is 2. The van der Waals surface area contributed by atoms with E-state index < -0.39 is 0 Å². The molecular weight excluding hydrogens is 320 g/mol. The third-order valence-electron chi connectivity index (χ3n) is 5.20. The number of piperidine rings is 1. The van der Waals surface area contributed by atoms with E-state index >= 15 is 0 Å². The zero-order valence-corrected chi connectivity index (χ0v) is 15.3. The molecule has 6 heteroatoms. The van der Waals surface area contributed by atoms with Gasteiger partial charge in [-0.2, -0.15) is 11.8 Å². The number of hydrogen-bond acceptors (Lipinski definition) is 4. The van der Waals surface area contributed by atoms with Gasteiger partial charge in [0.1, 0.15) is 0 Å². The number of thioether (sulfide) groups is 1. The minimum Gasteiger partial charge on any atom is -0.337 e. The highest BCUT2D eigenvalue weighted by molar-refractivity contribution is 8.00. The molecule has 0 unspecified atom stereocenters. The molecule has 2 fully saturated rings. The van der Waals surface area contributed by atoms with E-state index in [1.54, 1.807) is 0 Å². The normalized spacial score (nSPS) is 20.5. The molecule has 0 bridgehead atoms. The first-order valence-electron chi connectivity index (χ1n) is 8.90. The molecular formula is C18H28N4OS. The number of amides is 2. The average Bonchev–Trinajstić information content (AvgIpc) is 3.41. The van der Waals surface area contributed by atoms with Crippen LogP contribution in [-0.4, -0.2) is 59.1 Å². The Hall–Kier alpha value is -1.27. The van der Waals surface area contributed by atoms with Gasteiger partial charge in [-0.05, 0) is 56.1 Å². The van der Waals surface area contributed by atoms with E-state index in [0.717, 1.165) is 45.4 Å². The van der Waals surface area contributed by atoms with Crippen molar-refractivity contribution in [3.8, 4) is 0 Å². The largest absolute Gasteiger partial charge is 0.337 e. The molecule has 1 aromatic rings. The number of carbonyl (C=O) groups excluding carboxylic acids is 1. The second-order valence-electron chi connectivity index (χ2n) is 6.94. The van der Waals surface area contributed by atoms with Crippen molar-refractivity contribution in [1.29, 1.82) is 0 Å². The lowest BCUT2D eigenvalue weighted by atomic mass is 10.0. The van der Waals surface area contributed by atoms with E-state index in [2.05, 4.69) is 38.9 Å². The van der Waals surface area contributed by atoms with Crippen LogP contribution in [0, 0.1) is 0 Å². The first-order valence-corrected chi connectivity index (χ1v) is 10.1. The number of likely N-dealkylation sites (tertiary alicyclic amines) is 1. The third kappa shape index (κ3) is 5.11. The fourth-order valence-corrected chi connectivity index (χ4v) is 3.93. The van der Waals surface area contributed by atoms with Crippen LogP contribution in [-0.2, 0) is 6.42 Å². The van der Waals surface area contributed by atoms with Crippen LogP contribution >= 0.6 is 11.8 Å². The summed E-state index contributed by atoms with van der Waals surface area (Å²) in [5, 5.41) is 6.19. The molecule has 1 aliphatic heterocycles. The highest BCUT2D eigenvalue weighted by Crippen LogP contribution is 2.46. The molecule has 2 heterocycles. The maximum Gasteiger partial charge on any atom is 0.315 e. The van der Waals surface area contributed by atoms with Gasteiger partial charge in [0.2, 0.25) is 0 Å². The topological polar surface area (TPSA) is 57.3 Å². The maximum absolute atomic E-state index is 12.0. The maximum atomic E-state index is 12.0. The summed E-state index contributed by atoms with van der Waals surface area (Å²) in [6.07, 6.45) is 11.4. The van der Waals surface area contributed by atoms with Gasteiger partial charge in [0.25, 0.3) is 0 Å². The Kier molecular flexibility index (Phi) is 6.00. The van der Waals surface area contributed by atoms with Gasteiger partial charge >= 0.3 is 6.03 Å². The zero-order valence-electron chi connectivity index (χ0n) is 14.5. The highest BCUT2D eigenvalue weighted by Gasteiger charge is 2.42. The minimum absolute atomic E-state index is 0.00515. The van der Waals surface area contributed by atoms with Crippen LogP contribution in [0.25, 0.3) is 0 Å². The molecule has 2 amide bonds. The molecule has 1 aliphatic carbocycles. The van der Waals surface area contributed by atoms with Crippen LogP contribution in [0.3, 0.4) is 0 Å². The predicted octanol–water partition coefficient (Wildman–Crippen LogP) is 2.28. The number of carbonyl (C=O) groups is 1. The molecule has 0 spiro atoms. The number of urea groups is 1. The van der Waals surface area contributed by atoms with Crippen LogP contribution in [0.2, 0.25) is 0 Å².